The van der Waals surface area contributed by atoms with E-state index in [0.717, 1.165) is 42.1 Å². The number of hydrogen-bond donors (Lipinski definition) is 2. The third-order valence-corrected chi connectivity index (χ3v) is 6.03. The molecular formula is C22H34N6OS. The molecule has 0 aliphatic heterocycles. The van der Waals surface area contributed by atoms with Gasteiger partial charge in [-0.25, -0.2) is 0 Å². The topological polar surface area (TPSA) is 76.4 Å². The van der Waals surface area contributed by atoms with Gasteiger partial charge in [0.05, 0.1) is 6.54 Å². The van der Waals surface area contributed by atoms with Gasteiger partial charge in [0.1, 0.15) is 18.2 Å². The Balaban J connectivity index is 1.37. The molecule has 164 valence electrons. The SMILES string of the molecule is CN=C(NCCCc1nnc(SC)n1C1CCCC1)NCCOc1ccc(C)cc1. The van der Waals surface area contributed by atoms with Crippen molar-refractivity contribution in [1.82, 2.24) is 25.4 Å². The van der Waals surface area contributed by atoms with Gasteiger partial charge < -0.3 is 19.9 Å². The number of nitrogens with one attached hydrogen (secondary N) is 2. The highest BCUT2D eigenvalue weighted by Gasteiger charge is 2.23. The van der Waals surface area contributed by atoms with E-state index >= 15 is 0 Å². The van der Waals surface area contributed by atoms with Crippen LogP contribution in [0, 0.1) is 6.92 Å². The van der Waals surface area contributed by atoms with Gasteiger partial charge in [0.25, 0.3) is 0 Å². The van der Waals surface area contributed by atoms with Crippen molar-refractivity contribution in [2.24, 2.45) is 4.99 Å². The molecule has 1 fully saturated rings. The molecule has 0 spiro atoms. The average Bonchev–Trinajstić information content (AvgIpc) is 3.43. The van der Waals surface area contributed by atoms with Crippen LogP contribution in [0.5, 0.6) is 5.75 Å². The van der Waals surface area contributed by atoms with E-state index in [1.54, 1.807) is 18.8 Å². The maximum absolute atomic E-state index is 5.75. The summed E-state index contributed by atoms with van der Waals surface area (Å²) < 4.78 is 8.13. The molecule has 0 amide bonds. The molecule has 0 radical (unpaired) electrons. The van der Waals surface area contributed by atoms with Gasteiger partial charge in [0.2, 0.25) is 0 Å². The molecule has 2 N–H and O–H groups in total. The number of aliphatic imine (C=N–C) groups is 1. The smallest absolute Gasteiger partial charge is 0.191 e. The van der Waals surface area contributed by atoms with Gasteiger partial charge in [0, 0.05) is 26.1 Å². The molecule has 3 rings (SSSR count). The van der Waals surface area contributed by atoms with Crippen LogP contribution in [0.25, 0.3) is 0 Å². The summed E-state index contributed by atoms with van der Waals surface area (Å²) in [5.74, 6) is 2.80. The van der Waals surface area contributed by atoms with Crippen molar-refractivity contribution >= 4 is 17.7 Å². The lowest BCUT2D eigenvalue weighted by molar-refractivity contribution is 0.322. The number of rotatable bonds is 10. The maximum Gasteiger partial charge on any atom is 0.191 e. The minimum atomic E-state index is 0.577. The Morgan fingerprint density at radius 2 is 1.90 bits per heavy atom. The average molecular weight is 431 g/mol. The predicted molar refractivity (Wildman–Crippen MR) is 124 cm³/mol. The molecule has 1 aromatic heterocycles. The van der Waals surface area contributed by atoms with Gasteiger partial charge in [-0.1, -0.05) is 42.3 Å². The van der Waals surface area contributed by atoms with Crippen molar-refractivity contribution in [3.05, 3.63) is 35.7 Å². The minimum Gasteiger partial charge on any atom is -0.492 e. The van der Waals surface area contributed by atoms with Crippen LogP contribution in [0.4, 0.5) is 0 Å². The molecule has 1 aliphatic rings. The van der Waals surface area contributed by atoms with Crippen LogP contribution in [0.15, 0.2) is 34.4 Å². The van der Waals surface area contributed by atoms with Crippen molar-refractivity contribution in [1.29, 1.82) is 0 Å². The highest BCUT2D eigenvalue weighted by atomic mass is 32.2. The van der Waals surface area contributed by atoms with E-state index in [4.69, 9.17) is 4.74 Å². The molecular weight excluding hydrogens is 396 g/mol. The van der Waals surface area contributed by atoms with Gasteiger partial charge in [0.15, 0.2) is 11.1 Å². The fourth-order valence-corrected chi connectivity index (χ4v) is 4.37. The molecule has 8 heteroatoms. The number of benzene rings is 1. The number of aromatic nitrogens is 3. The first-order valence-corrected chi connectivity index (χ1v) is 12.1. The Labute approximate surface area is 184 Å². The highest BCUT2D eigenvalue weighted by molar-refractivity contribution is 7.98. The van der Waals surface area contributed by atoms with Crippen molar-refractivity contribution in [2.75, 3.05) is 33.0 Å². The molecule has 1 aromatic carbocycles. The third-order valence-electron chi connectivity index (χ3n) is 5.38. The van der Waals surface area contributed by atoms with Crippen LogP contribution >= 0.6 is 11.8 Å². The van der Waals surface area contributed by atoms with Crippen molar-refractivity contribution in [3.8, 4) is 5.75 Å². The molecule has 0 bridgehead atoms. The monoisotopic (exact) mass is 430 g/mol. The summed E-state index contributed by atoms with van der Waals surface area (Å²) in [6.07, 6.45) is 9.11. The standard InChI is InChI=1S/C22H34N6OS/c1-17-10-12-19(13-11-17)29-16-15-25-21(23-2)24-14-6-9-20-26-27-22(30-3)28(20)18-7-4-5-8-18/h10-13,18H,4-9,14-16H2,1-3H3,(H2,23,24,25). The summed E-state index contributed by atoms with van der Waals surface area (Å²) in [4.78, 5) is 4.29. The van der Waals surface area contributed by atoms with Crippen LogP contribution in [-0.4, -0.2) is 53.7 Å². The van der Waals surface area contributed by atoms with Gasteiger partial charge in [-0.05, 0) is 44.6 Å². The van der Waals surface area contributed by atoms with Crippen LogP contribution in [0.1, 0.15) is 49.5 Å². The minimum absolute atomic E-state index is 0.577. The predicted octanol–water partition coefficient (Wildman–Crippen LogP) is 3.60. The third kappa shape index (κ3) is 6.39. The molecule has 0 unspecified atom stereocenters. The molecule has 7 nitrogen and oxygen atoms in total. The van der Waals surface area contributed by atoms with E-state index in [2.05, 4.69) is 55.7 Å². The zero-order chi connectivity index (χ0) is 21.2. The van der Waals surface area contributed by atoms with Gasteiger partial charge in [-0.2, -0.15) is 0 Å². The van der Waals surface area contributed by atoms with Crippen LogP contribution in [0.2, 0.25) is 0 Å². The van der Waals surface area contributed by atoms with Crippen molar-refractivity contribution < 1.29 is 4.74 Å². The van der Waals surface area contributed by atoms with Crippen LogP contribution in [-0.2, 0) is 6.42 Å². The Morgan fingerprint density at radius 3 is 2.60 bits per heavy atom. The first-order valence-electron chi connectivity index (χ1n) is 10.8. The second-order valence-corrected chi connectivity index (χ2v) is 8.38. The van der Waals surface area contributed by atoms with E-state index in [0.29, 0.717) is 19.2 Å². The Kier molecular flexibility index (Phi) is 8.86. The Morgan fingerprint density at radius 1 is 1.17 bits per heavy atom. The summed E-state index contributed by atoms with van der Waals surface area (Å²) in [6, 6.07) is 8.68. The van der Waals surface area contributed by atoms with Crippen LogP contribution < -0.4 is 15.4 Å². The second-order valence-electron chi connectivity index (χ2n) is 7.60. The van der Waals surface area contributed by atoms with Crippen LogP contribution in [0.3, 0.4) is 0 Å². The van der Waals surface area contributed by atoms with Gasteiger partial charge in [-0.15, -0.1) is 10.2 Å². The lowest BCUT2D eigenvalue weighted by Gasteiger charge is -2.16. The first kappa shape index (κ1) is 22.5. The summed E-state index contributed by atoms with van der Waals surface area (Å²) in [5.41, 5.74) is 1.23. The maximum atomic E-state index is 5.75. The number of thioether (sulfide) groups is 1. The summed E-state index contributed by atoms with van der Waals surface area (Å²) in [5, 5.41) is 16.6. The zero-order valence-electron chi connectivity index (χ0n) is 18.4. The summed E-state index contributed by atoms with van der Waals surface area (Å²) in [7, 11) is 1.79. The Bertz CT molecular complexity index is 798. The lowest BCUT2D eigenvalue weighted by Crippen LogP contribution is -2.39. The highest BCUT2D eigenvalue weighted by Crippen LogP contribution is 2.33. The van der Waals surface area contributed by atoms with Crippen molar-refractivity contribution in [2.45, 2.75) is 56.6 Å². The molecule has 2 aromatic rings. The van der Waals surface area contributed by atoms with E-state index in [9.17, 15) is 0 Å². The zero-order valence-corrected chi connectivity index (χ0v) is 19.2. The van der Waals surface area contributed by atoms with E-state index < -0.39 is 0 Å². The number of guanidine groups is 1. The summed E-state index contributed by atoms with van der Waals surface area (Å²) in [6.45, 7) is 4.19. The number of hydrogen-bond acceptors (Lipinski definition) is 5. The molecule has 1 heterocycles. The second kappa shape index (κ2) is 11.8. The number of aryl methyl sites for hydroxylation is 2. The quantitative estimate of drug-likeness (QED) is 0.260. The number of nitrogens with zero attached hydrogens (tertiary/aromatic N) is 4. The Hall–Kier alpha value is -2.22. The van der Waals surface area contributed by atoms with E-state index in [1.807, 2.05) is 12.1 Å². The molecule has 0 atom stereocenters. The fraction of sp³-hybridized carbons (Fsp3) is 0.591. The van der Waals surface area contributed by atoms with Gasteiger partial charge >= 0.3 is 0 Å². The molecule has 30 heavy (non-hydrogen) atoms. The van der Waals surface area contributed by atoms with E-state index in [1.165, 1.54) is 31.2 Å². The summed E-state index contributed by atoms with van der Waals surface area (Å²) >= 11 is 1.69. The van der Waals surface area contributed by atoms with Crippen molar-refractivity contribution in [3.63, 3.8) is 0 Å². The molecule has 0 saturated heterocycles. The molecule has 1 saturated carbocycles. The largest absolute Gasteiger partial charge is 0.492 e. The fourth-order valence-electron chi connectivity index (χ4n) is 3.79. The van der Waals surface area contributed by atoms with E-state index in [-0.39, 0.29) is 0 Å². The molecule has 1 aliphatic carbocycles. The lowest BCUT2D eigenvalue weighted by atomic mass is 10.2. The first-order chi connectivity index (χ1) is 14.7. The number of ether oxygens (including phenoxy) is 1. The normalized spacial score (nSPS) is 14.8. The van der Waals surface area contributed by atoms with Gasteiger partial charge in [-0.3, -0.25) is 4.99 Å².